The first-order chi connectivity index (χ1) is 8.63. The van der Waals surface area contributed by atoms with Crippen molar-refractivity contribution in [1.82, 2.24) is 0 Å². The average Bonchev–Trinajstić information content (AvgIpc) is 2.40. The van der Waals surface area contributed by atoms with Crippen LogP contribution in [0.4, 0.5) is 4.39 Å². The summed E-state index contributed by atoms with van der Waals surface area (Å²) in [5.41, 5.74) is 10.5. The van der Waals surface area contributed by atoms with E-state index in [1.165, 1.54) is 17.7 Å². The summed E-state index contributed by atoms with van der Waals surface area (Å²) in [6.07, 6.45) is 0.929. The summed E-state index contributed by atoms with van der Waals surface area (Å²) in [7, 11) is 0. The molecule has 0 aromatic heterocycles. The molecule has 0 heterocycles. The summed E-state index contributed by atoms with van der Waals surface area (Å²) in [6, 6.07) is 12.6. The number of halogens is 1. The van der Waals surface area contributed by atoms with Crippen molar-refractivity contribution in [3.63, 3.8) is 0 Å². The maximum absolute atomic E-state index is 13.4. The van der Waals surface area contributed by atoms with E-state index in [0.29, 0.717) is 0 Å². The summed E-state index contributed by atoms with van der Waals surface area (Å²) in [5.74, 6) is -0.236. The van der Waals surface area contributed by atoms with Crippen molar-refractivity contribution in [3.05, 3.63) is 70.5 Å². The highest BCUT2D eigenvalue weighted by atomic mass is 19.1. The number of aryl methyl sites for hydroxylation is 2. The van der Waals surface area contributed by atoms with Crippen molar-refractivity contribution in [2.24, 2.45) is 5.73 Å². The van der Waals surface area contributed by atoms with Gasteiger partial charge in [0.05, 0.1) is 6.04 Å². The Hall–Kier alpha value is -1.67. The molecule has 0 radical (unpaired) electrons. The normalized spacial score (nSPS) is 12.4. The Morgan fingerprint density at radius 2 is 1.83 bits per heavy atom. The van der Waals surface area contributed by atoms with Crippen molar-refractivity contribution in [2.75, 3.05) is 0 Å². The molecule has 0 aliphatic heterocycles. The number of benzene rings is 2. The molecule has 2 heteroatoms. The van der Waals surface area contributed by atoms with E-state index >= 15 is 0 Å². The highest BCUT2D eigenvalue weighted by Gasteiger charge is 2.14. The smallest absolute Gasteiger partial charge is 0.123 e. The molecule has 2 N–H and O–H groups in total. The SMILES string of the molecule is CCc1ccccc1C(N)c1cc(F)ccc1C. The molecule has 0 bridgehead atoms. The standard InChI is InChI=1S/C16H18FN/c1-3-12-6-4-5-7-14(12)16(18)15-10-13(17)9-8-11(15)2/h4-10,16H,3,18H2,1-2H3. The van der Waals surface area contributed by atoms with Crippen LogP contribution in [0, 0.1) is 12.7 Å². The van der Waals surface area contributed by atoms with Crippen LogP contribution in [0.15, 0.2) is 42.5 Å². The van der Waals surface area contributed by atoms with Gasteiger partial charge in [0.1, 0.15) is 5.82 Å². The van der Waals surface area contributed by atoms with Gasteiger partial charge in [0.2, 0.25) is 0 Å². The predicted molar refractivity (Wildman–Crippen MR) is 73.0 cm³/mol. The minimum atomic E-state index is -0.267. The highest BCUT2D eigenvalue weighted by molar-refractivity contribution is 5.40. The molecule has 1 atom stereocenters. The largest absolute Gasteiger partial charge is 0.320 e. The maximum Gasteiger partial charge on any atom is 0.123 e. The van der Waals surface area contributed by atoms with E-state index in [4.69, 9.17) is 5.73 Å². The predicted octanol–water partition coefficient (Wildman–Crippen LogP) is 3.74. The van der Waals surface area contributed by atoms with E-state index in [2.05, 4.69) is 13.0 Å². The number of hydrogen-bond donors (Lipinski definition) is 1. The average molecular weight is 243 g/mol. The molecule has 0 aliphatic carbocycles. The van der Waals surface area contributed by atoms with Crippen LogP contribution in [0.25, 0.3) is 0 Å². The molecule has 2 aromatic carbocycles. The molecule has 2 aromatic rings. The minimum absolute atomic E-state index is 0.236. The van der Waals surface area contributed by atoms with Crippen LogP contribution in [0.3, 0.4) is 0 Å². The van der Waals surface area contributed by atoms with Gasteiger partial charge in [-0.2, -0.15) is 0 Å². The van der Waals surface area contributed by atoms with Gasteiger partial charge < -0.3 is 5.73 Å². The topological polar surface area (TPSA) is 26.0 Å². The van der Waals surface area contributed by atoms with Gasteiger partial charge >= 0.3 is 0 Å². The maximum atomic E-state index is 13.4. The molecule has 0 aliphatic rings. The molecule has 2 rings (SSSR count). The molecular formula is C16H18FN. The number of nitrogens with two attached hydrogens (primary N) is 1. The van der Waals surface area contributed by atoms with Crippen molar-refractivity contribution < 1.29 is 4.39 Å². The summed E-state index contributed by atoms with van der Waals surface area (Å²) in [6.45, 7) is 4.06. The zero-order chi connectivity index (χ0) is 13.1. The molecule has 0 amide bonds. The second kappa shape index (κ2) is 5.32. The molecule has 0 saturated carbocycles. The fraction of sp³-hybridized carbons (Fsp3) is 0.250. The van der Waals surface area contributed by atoms with Gasteiger partial charge in [-0.15, -0.1) is 0 Å². The summed E-state index contributed by atoms with van der Waals surface area (Å²) in [5, 5.41) is 0. The minimum Gasteiger partial charge on any atom is -0.320 e. The van der Waals surface area contributed by atoms with Gasteiger partial charge in [0.15, 0.2) is 0 Å². The Kier molecular flexibility index (Phi) is 3.78. The number of rotatable bonds is 3. The lowest BCUT2D eigenvalue weighted by atomic mass is 9.91. The summed E-state index contributed by atoms with van der Waals surface area (Å²) < 4.78 is 13.4. The lowest BCUT2D eigenvalue weighted by Crippen LogP contribution is -2.15. The lowest BCUT2D eigenvalue weighted by Gasteiger charge is -2.18. The third-order valence-corrected chi connectivity index (χ3v) is 3.35. The van der Waals surface area contributed by atoms with E-state index in [-0.39, 0.29) is 11.9 Å². The van der Waals surface area contributed by atoms with Crippen LogP contribution in [-0.4, -0.2) is 0 Å². The Labute approximate surface area is 107 Å². The van der Waals surface area contributed by atoms with Crippen molar-refractivity contribution in [2.45, 2.75) is 26.3 Å². The summed E-state index contributed by atoms with van der Waals surface area (Å²) >= 11 is 0. The molecule has 0 fully saturated rings. The monoisotopic (exact) mass is 243 g/mol. The van der Waals surface area contributed by atoms with Gasteiger partial charge in [-0.1, -0.05) is 37.3 Å². The van der Waals surface area contributed by atoms with Crippen LogP contribution in [0.2, 0.25) is 0 Å². The zero-order valence-electron chi connectivity index (χ0n) is 10.8. The van der Waals surface area contributed by atoms with Crippen molar-refractivity contribution >= 4 is 0 Å². The fourth-order valence-corrected chi connectivity index (χ4v) is 2.27. The molecule has 18 heavy (non-hydrogen) atoms. The first-order valence-electron chi connectivity index (χ1n) is 6.23. The molecule has 1 nitrogen and oxygen atoms in total. The van der Waals surface area contributed by atoms with Gasteiger partial charge in [0, 0.05) is 0 Å². The summed E-state index contributed by atoms with van der Waals surface area (Å²) in [4.78, 5) is 0. The molecule has 94 valence electrons. The van der Waals surface area contributed by atoms with E-state index in [9.17, 15) is 4.39 Å². The molecular weight excluding hydrogens is 225 g/mol. The molecule has 0 saturated heterocycles. The highest BCUT2D eigenvalue weighted by Crippen LogP contribution is 2.26. The van der Waals surface area contributed by atoms with Gasteiger partial charge in [0.25, 0.3) is 0 Å². The zero-order valence-corrected chi connectivity index (χ0v) is 10.8. The lowest BCUT2D eigenvalue weighted by molar-refractivity contribution is 0.622. The van der Waals surface area contributed by atoms with E-state index in [0.717, 1.165) is 23.1 Å². The van der Waals surface area contributed by atoms with Crippen LogP contribution in [-0.2, 0) is 6.42 Å². The third-order valence-electron chi connectivity index (χ3n) is 3.35. The second-order valence-corrected chi connectivity index (χ2v) is 4.53. The van der Waals surface area contributed by atoms with Gasteiger partial charge in [-0.3, -0.25) is 0 Å². The van der Waals surface area contributed by atoms with Gasteiger partial charge in [-0.25, -0.2) is 4.39 Å². The van der Waals surface area contributed by atoms with Crippen molar-refractivity contribution in [3.8, 4) is 0 Å². The molecule has 0 spiro atoms. The Morgan fingerprint density at radius 3 is 2.56 bits per heavy atom. The second-order valence-electron chi connectivity index (χ2n) is 4.53. The van der Waals surface area contributed by atoms with Crippen LogP contribution < -0.4 is 5.73 Å². The Bertz CT molecular complexity index is 549. The van der Waals surface area contributed by atoms with Crippen LogP contribution >= 0.6 is 0 Å². The fourth-order valence-electron chi connectivity index (χ4n) is 2.27. The van der Waals surface area contributed by atoms with Gasteiger partial charge in [-0.05, 0) is 47.7 Å². The van der Waals surface area contributed by atoms with E-state index in [1.54, 1.807) is 6.07 Å². The number of hydrogen-bond acceptors (Lipinski definition) is 1. The Balaban J connectivity index is 2.47. The van der Waals surface area contributed by atoms with E-state index < -0.39 is 0 Å². The first kappa shape index (κ1) is 12.8. The quantitative estimate of drug-likeness (QED) is 0.873. The van der Waals surface area contributed by atoms with E-state index in [1.807, 2.05) is 25.1 Å². The first-order valence-corrected chi connectivity index (χ1v) is 6.23. The Morgan fingerprint density at radius 1 is 1.11 bits per heavy atom. The van der Waals surface area contributed by atoms with Crippen molar-refractivity contribution in [1.29, 1.82) is 0 Å². The van der Waals surface area contributed by atoms with Crippen LogP contribution in [0.5, 0.6) is 0 Å². The third kappa shape index (κ3) is 2.44. The molecule has 1 unspecified atom stereocenters. The van der Waals surface area contributed by atoms with Crippen LogP contribution in [0.1, 0.15) is 35.2 Å².